The van der Waals surface area contributed by atoms with Gasteiger partial charge in [-0.2, -0.15) is 0 Å². The van der Waals surface area contributed by atoms with Crippen LogP contribution in [0.2, 0.25) is 0 Å². The van der Waals surface area contributed by atoms with Crippen LogP contribution in [0.25, 0.3) is 5.57 Å². The lowest BCUT2D eigenvalue weighted by atomic mass is 9.99. The molecule has 0 amide bonds. The fourth-order valence-electron chi connectivity index (χ4n) is 2.91. The van der Waals surface area contributed by atoms with E-state index in [1.165, 1.54) is 17.7 Å². The zero-order valence-corrected chi connectivity index (χ0v) is 14.1. The van der Waals surface area contributed by atoms with E-state index in [0.29, 0.717) is 18.8 Å². The summed E-state index contributed by atoms with van der Waals surface area (Å²) in [7, 11) is -4.07. The third kappa shape index (κ3) is 3.70. The zero-order valence-electron chi connectivity index (χ0n) is 13.3. The summed E-state index contributed by atoms with van der Waals surface area (Å²) in [6.07, 6.45) is 2.78. The van der Waals surface area contributed by atoms with Crippen molar-refractivity contribution < 1.29 is 13.3 Å². The molecule has 0 fully saturated rings. The van der Waals surface area contributed by atoms with E-state index in [4.69, 9.17) is 5.14 Å². The molecule has 2 N–H and O–H groups in total. The molecule has 0 spiro atoms. The van der Waals surface area contributed by atoms with Crippen LogP contribution < -0.4 is 10.0 Å². The highest BCUT2D eigenvalue weighted by Crippen LogP contribution is 2.32. The van der Waals surface area contributed by atoms with Crippen molar-refractivity contribution in [2.75, 3.05) is 18.0 Å². The van der Waals surface area contributed by atoms with Crippen molar-refractivity contribution in [3.63, 3.8) is 0 Å². The van der Waals surface area contributed by atoms with Gasteiger partial charge in [-0.3, -0.25) is 10.1 Å². The fraction of sp³-hybridized carbons (Fsp3) is 0.176. The van der Waals surface area contributed by atoms with E-state index in [1.54, 1.807) is 0 Å². The van der Waals surface area contributed by atoms with Gasteiger partial charge in [0.15, 0.2) is 0 Å². The molecule has 1 aliphatic rings. The van der Waals surface area contributed by atoms with Crippen LogP contribution in [-0.4, -0.2) is 26.4 Å². The Hall–Kier alpha value is -2.71. The van der Waals surface area contributed by atoms with Crippen LogP contribution in [0.3, 0.4) is 0 Å². The van der Waals surface area contributed by atoms with Crippen LogP contribution in [0, 0.1) is 10.1 Å². The summed E-state index contributed by atoms with van der Waals surface area (Å²) < 4.78 is 23.7. The molecular formula is C17H17N3O4S. The molecule has 0 aromatic heterocycles. The Morgan fingerprint density at radius 3 is 2.40 bits per heavy atom. The topological polar surface area (TPSA) is 107 Å². The maximum Gasteiger partial charge on any atom is 0.270 e. The molecule has 0 aliphatic carbocycles. The number of sulfonamides is 1. The molecule has 130 valence electrons. The van der Waals surface area contributed by atoms with E-state index in [0.717, 1.165) is 18.1 Å². The second kappa shape index (κ2) is 6.66. The van der Waals surface area contributed by atoms with Gasteiger partial charge in [-0.15, -0.1) is 0 Å². The highest BCUT2D eigenvalue weighted by atomic mass is 32.2. The van der Waals surface area contributed by atoms with Crippen molar-refractivity contribution >= 4 is 27.0 Å². The van der Waals surface area contributed by atoms with E-state index in [1.807, 2.05) is 41.3 Å². The number of nitro benzene ring substituents is 1. The van der Waals surface area contributed by atoms with Crippen molar-refractivity contribution in [2.24, 2.45) is 5.14 Å². The summed E-state index contributed by atoms with van der Waals surface area (Å²) in [6.45, 7) is 1.10. The van der Waals surface area contributed by atoms with Crippen molar-refractivity contribution in [1.82, 2.24) is 0 Å². The van der Waals surface area contributed by atoms with Crippen LogP contribution in [-0.2, 0) is 10.0 Å². The predicted octanol–water partition coefficient (Wildman–Crippen LogP) is 2.54. The molecule has 8 heteroatoms. The van der Waals surface area contributed by atoms with Gasteiger partial charge in [0.25, 0.3) is 5.69 Å². The van der Waals surface area contributed by atoms with Gasteiger partial charge in [-0.1, -0.05) is 36.4 Å². The van der Waals surface area contributed by atoms with Gasteiger partial charge in [-0.25, -0.2) is 13.6 Å². The SMILES string of the molecule is NS(=O)(=O)c1cc([N+](=O)[O-])ccc1N1CC=C(c2ccccc2)CC1. The lowest BCUT2D eigenvalue weighted by Gasteiger charge is -2.29. The number of hydrogen-bond donors (Lipinski definition) is 1. The third-order valence-electron chi connectivity index (χ3n) is 4.16. The number of nitrogens with zero attached hydrogens (tertiary/aromatic N) is 2. The summed E-state index contributed by atoms with van der Waals surface area (Å²) in [5.74, 6) is 0. The Morgan fingerprint density at radius 1 is 1.12 bits per heavy atom. The summed E-state index contributed by atoms with van der Waals surface area (Å²) in [6, 6.07) is 13.7. The number of nitrogens with two attached hydrogens (primary N) is 1. The van der Waals surface area contributed by atoms with E-state index >= 15 is 0 Å². The van der Waals surface area contributed by atoms with Gasteiger partial charge in [0.2, 0.25) is 10.0 Å². The van der Waals surface area contributed by atoms with Crippen LogP contribution in [0.4, 0.5) is 11.4 Å². The standard InChI is InChI=1S/C17H17N3O4S/c18-25(23,24)17-12-15(20(21)22)6-7-16(17)19-10-8-14(9-11-19)13-4-2-1-3-5-13/h1-8,12H,9-11H2,(H2,18,23,24). The second-order valence-electron chi connectivity index (χ2n) is 5.75. The summed E-state index contributed by atoms with van der Waals surface area (Å²) >= 11 is 0. The molecule has 0 saturated heterocycles. The molecule has 0 radical (unpaired) electrons. The first-order valence-corrected chi connectivity index (χ1v) is 9.21. The highest BCUT2D eigenvalue weighted by Gasteiger charge is 2.23. The third-order valence-corrected chi connectivity index (χ3v) is 5.10. The van der Waals surface area contributed by atoms with Gasteiger partial charge in [0.05, 0.1) is 10.6 Å². The molecule has 3 rings (SSSR count). The van der Waals surface area contributed by atoms with E-state index in [9.17, 15) is 18.5 Å². The number of anilines is 1. The smallest absolute Gasteiger partial charge is 0.270 e. The van der Waals surface area contributed by atoms with Crippen LogP contribution >= 0.6 is 0 Å². The molecule has 0 unspecified atom stereocenters. The minimum atomic E-state index is -4.07. The second-order valence-corrected chi connectivity index (χ2v) is 7.28. The number of nitro groups is 1. The lowest BCUT2D eigenvalue weighted by Crippen LogP contribution is -2.30. The van der Waals surface area contributed by atoms with Gasteiger partial charge < -0.3 is 4.90 Å². The molecule has 2 aromatic rings. The molecule has 7 nitrogen and oxygen atoms in total. The van der Waals surface area contributed by atoms with E-state index < -0.39 is 14.9 Å². The van der Waals surface area contributed by atoms with Crippen molar-refractivity contribution in [1.29, 1.82) is 0 Å². The first-order valence-electron chi connectivity index (χ1n) is 7.67. The number of benzene rings is 2. The number of non-ortho nitro benzene ring substituents is 1. The molecule has 25 heavy (non-hydrogen) atoms. The average Bonchev–Trinajstić information content (AvgIpc) is 2.61. The maximum absolute atomic E-state index is 11.9. The van der Waals surface area contributed by atoms with E-state index in [-0.39, 0.29) is 10.6 Å². The molecule has 0 bridgehead atoms. The maximum atomic E-state index is 11.9. The summed E-state index contributed by atoms with van der Waals surface area (Å²) in [4.78, 5) is 11.9. The Kier molecular flexibility index (Phi) is 4.56. The van der Waals surface area contributed by atoms with Crippen molar-refractivity contribution in [3.8, 4) is 0 Å². The number of hydrogen-bond acceptors (Lipinski definition) is 5. The number of primary sulfonamides is 1. The van der Waals surface area contributed by atoms with Crippen LogP contribution in [0.1, 0.15) is 12.0 Å². The molecular weight excluding hydrogens is 342 g/mol. The Bertz CT molecular complexity index is 940. The molecule has 0 atom stereocenters. The first kappa shape index (κ1) is 17.1. The minimum Gasteiger partial charge on any atom is -0.366 e. The van der Waals surface area contributed by atoms with Gasteiger partial charge >= 0.3 is 0 Å². The zero-order chi connectivity index (χ0) is 18.0. The van der Waals surface area contributed by atoms with Crippen molar-refractivity contribution in [3.05, 3.63) is 70.3 Å². The van der Waals surface area contributed by atoms with Gasteiger partial charge in [0, 0.05) is 25.2 Å². The molecule has 1 heterocycles. The monoisotopic (exact) mass is 359 g/mol. The molecule has 1 aliphatic heterocycles. The quantitative estimate of drug-likeness (QED) is 0.667. The normalized spacial score (nSPS) is 14.9. The molecule has 0 saturated carbocycles. The van der Waals surface area contributed by atoms with Crippen LogP contribution in [0.5, 0.6) is 0 Å². The van der Waals surface area contributed by atoms with E-state index in [2.05, 4.69) is 0 Å². The summed E-state index contributed by atoms with van der Waals surface area (Å²) in [5.41, 5.74) is 2.41. The highest BCUT2D eigenvalue weighted by molar-refractivity contribution is 7.89. The fourth-order valence-corrected chi connectivity index (χ4v) is 3.68. The lowest BCUT2D eigenvalue weighted by molar-refractivity contribution is -0.385. The van der Waals surface area contributed by atoms with Gasteiger partial charge in [-0.05, 0) is 23.6 Å². The Morgan fingerprint density at radius 2 is 1.84 bits per heavy atom. The summed E-state index contributed by atoms with van der Waals surface area (Å²) in [5, 5.41) is 16.2. The number of rotatable bonds is 4. The predicted molar refractivity (Wildman–Crippen MR) is 95.7 cm³/mol. The van der Waals surface area contributed by atoms with Crippen molar-refractivity contribution in [2.45, 2.75) is 11.3 Å². The largest absolute Gasteiger partial charge is 0.366 e. The van der Waals surface area contributed by atoms with Gasteiger partial charge in [0.1, 0.15) is 4.90 Å². The first-order chi connectivity index (χ1) is 11.9. The van der Waals surface area contributed by atoms with Crippen LogP contribution in [0.15, 0.2) is 59.5 Å². The molecule has 2 aromatic carbocycles. The Labute approximate surface area is 145 Å². The Balaban J connectivity index is 1.93. The minimum absolute atomic E-state index is 0.224. The average molecular weight is 359 g/mol.